The van der Waals surface area contributed by atoms with Crippen molar-refractivity contribution in [1.29, 1.82) is 0 Å². The zero-order valence-electron chi connectivity index (χ0n) is 11.2. The third-order valence-corrected chi connectivity index (χ3v) is 4.94. The van der Waals surface area contributed by atoms with Gasteiger partial charge in [0.1, 0.15) is 5.82 Å². The van der Waals surface area contributed by atoms with Crippen molar-refractivity contribution in [2.24, 2.45) is 11.8 Å². The molecule has 0 aromatic heterocycles. The highest BCUT2D eigenvalue weighted by Crippen LogP contribution is 2.29. The minimum Gasteiger partial charge on any atom is -0.349 e. The van der Waals surface area contributed by atoms with E-state index in [1.165, 1.54) is 6.07 Å². The molecule has 104 valence electrons. The van der Waals surface area contributed by atoms with Gasteiger partial charge in [-0.3, -0.25) is 4.79 Å². The van der Waals surface area contributed by atoms with Crippen LogP contribution in [0.5, 0.6) is 0 Å². The summed E-state index contributed by atoms with van der Waals surface area (Å²) in [7, 11) is 0. The Kier molecular flexibility index (Phi) is 4.61. The Bertz CT molecular complexity index is 477. The summed E-state index contributed by atoms with van der Waals surface area (Å²) < 4.78 is 13.6. The first kappa shape index (κ1) is 14.5. The number of amides is 1. The summed E-state index contributed by atoms with van der Waals surface area (Å²) in [6.07, 6.45) is 3.14. The molecule has 0 heterocycles. The van der Waals surface area contributed by atoms with Crippen LogP contribution in [0.2, 0.25) is 0 Å². The predicted octanol–water partition coefficient (Wildman–Crippen LogP) is 4.14. The fraction of sp³-hybridized carbons (Fsp3) is 0.533. The van der Waals surface area contributed by atoms with Crippen LogP contribution >= 0.6 is 15.9 Å². The number of hydrogen-bond donors (Lipinski definition) is 1. The summed E-state index contributed by atoms with van der Waals surface area (Å²) in [5.41, 5.74) is 0.367. The van der Waals surface area contributed by atoms with Gasteiger partial charge in [0.25, 0.3) is 5.91 Å². The first-order valence-corrected chi connectivity index (χ1v) is 7.53. The van der Waals surface area contributed by atoms with Gasteiger partial charge in [-0.15, -0.1) is 0 Å². The number of rotatable bonds is 2. The molecule has 19 heavy (non-hydrogen) atoms. The molecule has 1 fully saturated rings. The average Bonchev–Trinajstić information content (AvgIpc) is 2.37. The molecule has 0 aliphatic heterocycles. The molecule has 3 unspecified atom stereocenters. The van der Waals surface area contributed by atoms with E-state index in [0.29, 0.717) is 17.4 Å². The molecule has 2 nitrogen and oxygen atoms in total. The predicted molar refractivity (Wildman–Crippen MR) is 77.5 cm³/mol. The van der Waals surface area contributed by atoms with Crippen LogP contribution in [0.3, 0.4) is 0 Å². The largest absolute Gasteiger partial charge is 0.349 e. The molecule has 0 radical (unpaired) electrons. The van der Waals surface area contributed by atoms with Crippen LogP contribution in [0, 0.1) is 17.7 Å². The van der Waals surface area contributed by atoms with Gasteiger partial charge in [0.15, 0.2) is 0 Å². The zero-order valence-corrected chi connectivity index (χ0v) is 12.8. The monoisotopic (exact) mass is 327 g/mol. The van der Waals surface area contributed by atoms with Gasteiger partial charge in [0.2, 0.25) is 0 Å². The van der Waals surface area contributed by atoms with Gasteiger partial charge >= 0.3 is 0 Å². The molecule has 1 saturated carbocycles. The molecular weight excluding hydrogens is 309 g/mol. The van der Waals surface area contributed by atoms with Crippen molar-refractivity contribution in [3.8, 4) is 0 Å². The molecular formula is C15H19BrFNO. The minimum atomic E-state index is -0.404. The molecule has 1 aliphatic rings. The molecule has 3 atom stereocenters. The molecule has 1 aliphatic carbocycles. The molecule has 4 heteroatoms. The van der Waals surface area contributed by atoms with Crippen molar-refractivity contribution >= 4 is 21.8 Å². The fourth-order valence-electron chi connectivity index (χ4n) is 2.62. The van der Waals surface area contributed by atoms with Crippen LogP contribution in [0.1, 0.15) is 43.5 Å². The lowest BCUT2D eigenvalue weighted by atomic mass is 9.79. The van der Waals surface area contributed by atoms with E-state index in [2.05, 4.69) is 35.1 Å². The molecule has 0 spiro atoms. The maximum absolute atomic E-state index is 13.4. The number of nitrogens with one attached hydrogen (secondary N) is 1. The van der Waals surface area contributed by atoms with Crippen molar-refractivity contribution in [2.45, 2.75) is 39.2 Å². The van der Waals surface area contributed by atoms with Crippen LogP contribution in [-0.4, -0.2) is 11.9 Å². The molecule has 1 N–H and O–H groups in total. The Hall–Kier alpha value is -0.900. The lowest BCUT2D eigenvalue weighted by Crippen LogP contribution is -2.40. The third-order valence-electron chi connectivity index (χ3n) is 4.13. The highest BCUT2D eigenvalue weighted by molar-refractivity contribution is 9.10. The zero-order chi connectivity index (χ0) is 14.0. The van der Waals surface area contributed by atoms with Crippen LogP contribution < -0.4 is 5.32 Å². The third kappa shape index (κ3) is 3.35. The van der Waals surface area contributed by atoms with Crippen molar-refractivity contribution in [2.75, 3.05) is 0 Å². The van der Waals surface area contributed by atoms with Crippen molar-refractivity contribution in [3.63, 3.8) is 0 Å². The summed E-state index contributed by atoms with van der Waals surface area (Å²) in [6.45, 7) is 4.48. The smallest absolute Gasteiger partial charge is 0.252 e. The second kappa shape index (κ2) is 6.04. The van der Waals surface area contributed by atoms with Crippen molar-refractivity contribution in [1.82, 2.24) is 5.32 Å². The van der Waals surface area contributed by atoms with Gasteiger partial charge in [-0.25, -0.2) is 4.39 Å². The summed E-state index contributed by atoms with van der Waals surface area (Å²) in [5, 5.41) is 3.02. The highest BCUT2D eigenvalue weighted by atomic mass is 79.9. The SMILES string of the molecule is CC1CCC(NC(=O)c2cccc(F)c2Br)CC1C. The molecule has 2 rings (SSSR count). The summed E-state index contributed by atoms with van der Waals surface area (Å²) in [4.78, 5) is 12.2. The van der Waals surface area contributed by atoms with Gasteiger partial charge in [0, 0.05) is 6.04 Å². The van der Waals surface area contributed by atoms with Gasteiger partial charge in [-0.2, -0.15) is 0 Å². The second-order valence-electron chi connectivity index (χ2n) is 5.54. The van der Waals surface area contributed by atoms with E-state index in [9.17, 15) is 9.18 Å². The Balaban J connectivity index is 2.03. The second-order valence-corrected chi connectivity index (χ2v) is 6.33. The van der Waals surface area contributed by atoms with Crippen molar-refractivity contribution < 1.29 is 9.18 Å². The highest BCUT2D eigenvalue weighted by Gasteiger charge is 2.26. The number of hydrogen-bond acceptors (Lipinski definition) is 1. The Morgan fingerprint density at radius 2 is 2.05 bits per heavy atom. The van der Waals surface area contributed by atoms with E-state index in [-0.39, 0.29) is 16.4 Å². The summed E-state index contributed by atoms with van der Waals surface area (Å²) in [5.74, 6) is 0.737. The number of halogens is 2. The average molecular weight is 328 g/mol. The molecule has 0 bridgehead atoms. The van der Waals surface area contributed by atoms with E-state index in [4.69, 9.17) is 0 Å². The van der Waals surface area contributed by atoms with Gasteiger partial charge in [0.05, 0.1) is 10.0 Å². The summed E-state index contributed by atoms with van der Waals surface area (Å²) >= 11 is 3.13. The minimum absolute atomic E-state index is 0.196. The number of carbonyl (C=O) groups is 1. The molecule has 1 amide bonds. The molecule has 0 saturated heterocycles. The number of carbonyl (C=O) groups excluding carboxylic acids is 1. The maximum atomic E-state index is 13.4. The Labute approximate surface area is 121 Å². The standard InChI is InChI=1S/C15H19BrFNO/c1-9-6-7-11(8-10(9)2)18-15(19)12-4-3-5-13(17)14(12)16/h3-5,9-11H,6-8H2,1-2H3,(H,18,19). The van der Waals surface area contributed by atoms with Gasteiger partial charge < -0.3 is 5.32 Å². The summed E-state index contributed by atoms with van der Waals surface area (Å²) in [6, 6.07) is 4.73. The maximum Gasteiger partial charge on any atom is 0.252 e. The van der Waals surface area contributed by atoms with E-state index < -0.39 is 5.82 Å². The number of benzene rings is 1. The lowest BCUT2D eigenvalue weighted by molar-refractivity contribution is 0.0909. The van der Waals surface area contributed by atoms with Crippen LogP contribution in [0.4, 0.5) is 4.39 Å². The van der Waals surface area contributed by atoms with E-state index in [0.717, 1.165) is 19.3 Å². The van der Waals surface area contributed by atoms with Crippen LogP contribution in [0.25, 0.3) is 0 Å². The van der Waals surface area contributed by atoms with Gasteiger partial charge in [-0.1, -0.05) is 19.9 Å². The fourth-order valence-corrected chi connectivity index (χ4v) is 3.07. The lowest BCUT2D eigenvalue weighted by Gasteiger charge is -2.32. The van der Waals surface area contributed by atoms with E-state index >= 15 is 0 Å². The van der Waals surface area contributed by atoms with Gasteiger partial charge in [-0.05, 0) is 59.2 Å². The Morgan fingerprint density at radius 3 is 2.74 bits per heavy atom. The first-order chi connectivity index (χ1) is 8.99. The molecule has 1 aromatic rings. The van der Waals surface area contributed by atoms with Crippen LogP contribution in [0.15, 0.2) is 22.7 Å². The topological polar surface area (TPSA) is 29.1 Å². The first-order valence-electron chi connectivity index (χ1n) is 6.74. The Morgan fingerprint density at radius 1 is 1.32 bits per heavy atom. The normalized spacial score (nSPS) is 27.1. The van der Waals surface area contributed by atoms with Crippen molar-refractivity contribution in [3.05, 3.63) is 34.1 Å². The van der Waals surface area contributed by atoms with E-state index in [1.54, 1.807) is 12.1 Å². The quantitative estimate of drug-likeness (QED) is 0.868. The van der Waals surface area contributed by atoms with Crippen LogP contribution in [-0.2, 0) is 0 Å². The molecule has 1 aromatic carbocycles. The van der Waals surface area contributed by atoms with E-state index in [1.807, 2.05) is 0 Å².